The van der Waals surface area contributed by atoms with Crippen molar-refractivity contribution in [3.8, 4) is 44.5 Å². The molecule has 2 aliphatic rings. The van der Waals surface area contributed by atoms with Gasteiger partial charge in [0.15, 0.2) is 0 Å². The van der Waals surface area contributed by atoms with Gasteiger partial charge >= 0.3 is 0 Å². The van der Waals surface area contributed by atoms with E-state index in [9.17, 15) is 0 Å². The molecule has 0 aromatic heterocycles. The zero-order valence-electron chi connectivity index (χ0n) is 35.1. The monoisotopic (exact) mass is 786 g/mol. The van der Waals surface area contributed by atoms with Crippen LogP contribution in [0.25, 0.3) is 87.6 Å². The standard InChI is InChI=1S/C62H42/c1-62(2,3)43-27-17-26-42(34-43)55-45-29-16-15-28-44(45)52(37-18-7-4-8-19-37)58-46-30-31-47-57-48(32-33-49(56(46)57)61(55)58)60-54(39-22-11-6-12-23-39)51-36-41-25-14-13-24-40(41)35-50(51)53(59(47)60)38-20-9-5-10-21-38/h4-36H,1-3H3. The van der Waals surface area contributed by atoms with Gasteiger partial charge < -0.3 is 0 Å². The SMILES string of the molecule is CC(C)(C)c1cccc(-c2c3c(c(-c4ccccc4)c4ccccc24)=c2ccc4c5c(ccc=3c25)=c2c(-c3ccccc3)c3cc5ccccc5cc3c(-c3ccccc3)c2=4)c1. The summed E-state index contributed by atoms with van der Waals surface area (Å²) in [6.45, 7) is 6.96. The Morgan fingerprint density at radius 3 is 1.02 bits per heavy atom. The Balaban J connectivity index is 1.34. The second-order valence-electron chi connectivity index (χ2n) is 18.3. The predicted molar refractivity (Wildman–Crippen MR) is 260 cm³/mol. The van der Waals surface area contributed by atoms with Crippen LogP contribution in [0.3, 0.4) is 0 Å². The average Bonchev–Trinajstić information content (AvgIpc) is 3.82. The number of rotatable bonds is 4. The van der Waals surface area contributed by atoms with Gasteiger partial charge in [-0.3, -0.25) is 0 Å². The van der Waals surface area contributed by atoms with Crippen LogP contribution >= 0.6 is 0 Å². The molecule has 0 heterocycles. The van der Waals surface area contributed by atoms with Gasteiger partial charge in [-0.15, -0.1) is 0 Å². The quantitative estimate of drug-likeness (QED) is 0.156. The third-order valence-electron chi connectivity index (χ3n) is 13.8. The molecule has 0 atom stereocenters. The summed E-state index contributed by atoms with van der Waals surface area (Å²) in [6, 6.07) is 75.4. The Morgan fingerprint density at radius 2 is 0.613 bits per heavy atom. The smallest absolute Gasteiger partial charge is 0.000740 e. The van der Waals surface area contributed by atoms with Gasteiger partial charge in [-0.25, -0.2) is 0 Å². The summed E-state index contributed by atoms with van der Waals surface area (Å²) in [7, 11) is 0. The van der Waals surface area contributed by atoms with Crippen molar-refractivity contribution in [2.24, 2.45) is 0 Å². The van der Waals surface area contributed by atoms with Crippen LogP contribution in [0, 0.1) is 41.7 Å². The van der Waals surface area contributed by atoms with Crippen LogP contribution in [0.1, 0.15) is 26.3 Å². The van der Waals surface area contributed by atoms with E-state index in [4.69, 9.17) is 0 Å². The summed E-state index contributed by atoms with van der Waals surface area (Å²) in [4.78, 5) is 0. The van der Waals surface area contributed by atoms with Crippen LogP contribution in [-0.2, 0) is 5.41 Å². The van der Waals surface area contributed by atoms with Crippen LogP contribution < -0.4 is 0 Å². The Kier molecular flexibility index (Phi) is 7.38. The molecule has 13 rings (SSSR count). The lowest BCUT2D eigenvalue weighted by Gasteiger charge is -2.21. The number of fused-ring (bicyclic) bond motifs is 5. The molecule has 11 aromatic rings. The Morgan fingerprint density at radius 1 is 0.274 bits per heavy atom. The molecule has 0 saturated heterocycles. The second-order valence-corrected chi connectivity index (χ2v) is 18.3. The topological polar surface area (TPSA) is 0 Å². The van der Waals surface area contributed by atoms with E-state index in [0.717, 1.165) is 0 Å². The Hall–Kier alpha value is -7.54. The molecule has 0 spiro atoms. The summed E-state index contributed by atoms with van der Waals surface area (Å²) >= 11 is 0. The van der Waals surface area contributed by atoms with Crippen LogP contribution in [0.4, 0.5) is 0 Å². The molecule has 0 amide bonds. The van der Waals surface area contributed by atoms with Gasteiger partial charge in [-0.05, 0) is 152 Å². The van der Waals surface area contributed by atoms with E-state index >= 15 is 0 Å². The van der Waals surface area contributed by atoms with Crippen molar-refractivity contribution < 1.29 is 0 Å². The maximum atomic E-state index is 2.47. The van der Waals surface area contributed by atoms with Gasteiger partial charge in [0.1, 0.15) is 0 Å². The highest BCUT2D eigenvalue weighted by molar-refractivity contribution is 6.12. The number of benzene rings is 11. The van der Waals surface area contributed by atoms with Crippen LogP contribution in [-0.4, -0.2) is 0 Å². The van der Waals surface area contributed by atoms with Gasteiger partial charge in [0, 0.05) is 0 Å². The lowest BCUT2D eigenvalue weighted by molar-refractivity contribution is 0.590. The second kappa shape index (κ2) is 13.0. The Labute approximate surface area is 359 Å². The summed E-state index contributed by atoms with van der Waals surface area (Å²) in [6.07, 6.45) is 0. The molecule has 0 unspecified atom stereocenters. The van der Waals surface area contributed by atoms with Gasteiger partial charge in [0.05, 0.1) is 0 Å². The maximum absolute atomic E-state index is 2.47. The normalized spacial score (nSPS) is 12.4. The molecular weight excluding hydrogens is 745 g/mol. The van der Waals surface area contributed by atoms with Crippen LogP contribution in [0.15, 0.2) is 200 Å². The average molecular weight is 787 g/mol. The minimum Gasteiger partial charge on any atom is -0.0622 e. The number of hydrogen-bond donors (Lipinski definition) is 0. The minimum absolute atomic E-state index is 0.0125. The van der Waals surface area contributed by atoms with E-state index in [1.165, 1.54) is 135 Å². The lowest BCUT2D eigenvalue weighted by Crippen LogP contribution is -2.10. The molecule has 0 fully saturated rings. The Bertz CT molecular complexity index is 4020. The van der Waals surface area contributed by atoms with Gasteiger partial charge in [-0.2, -0.15) is 0 Å². The number of hydrogen-bond acceptors (Lipinski definition) is 0. The van der Waals surface area contributed by atoms with E-state index in [2.05, 4.69) is 221 Å². The highest BCUT2D eigenvalue weighted by atomic mass is 14.3. The molecule has 0 heteroatoms. The zero-order chi connectivity index (χ0) is 41.3. The molecule has 0 aliphatic heterocycles. The van der Waals surface area contributed by atoms with Crippen molar-refractivity contribution in [2.75, 3.05) is 0 Å². The van der Waals surface area contributed by atoms with Crippen LogP contribution in [0.5, 0.6) is 0 Å². The molecule has 290 valence electrons. The van der Waals surface area contributed by atoms with Crippen molar-refractivity contribution in [2.45, 2.75) is 26.2 Å². The van der Waals surface area contributed by atoms with Crippen molar-refractivity contribution in [1.82, 2.24) is 0 Å². The van der Waals surface area contributed by atoms with Gasteiger partial charge in [-0.1, -0.05) is 209 Å². The minimum atomic E-state index is 0.0125. The summed E-state index contributed by atoms with van der Waals surface area (Å²) < 4.78 is 0. The van der Waals surface area contributed by atoms with E-state index in [0.29, 0.717) is 0 Å². The molecule has 0 saturated carbocycles. The largest absolute Gasteiger partial charge is 0.0622 e. The van der Waals surface area contributed by atoms with E-state index < -0.39 is 0 Å². The molecule has 0 bridgehead atoms. The van der Waals surface area contributed by atoms with Crippen molar-refractivity contribution in [3.05, 3.63) is 248 Å². The summed E-state index contributed by atoms with van der Waals surface area (Å²) in [5.74, 6) is 0. The molecule has 62 heavy (non-hydrogen) atoms. The molecule has 11 aromatic carbocycles. The van der Waals surface area contributed by atoms with Crippen LogP contribution in [0.2, 0.25) is 0 Å². The molecular formula is C62H42. The van der Waals surface area contributed by atoms with E-state index in [1.54, 1.807) is 0 Å². The van der Waals surface area contributed by atoms with Gasteiger partial charge in [0.25, 0.3) is 0 Å². The van der Waals surface area contributed by atoms with Crippen molar-refractivity contribution >= 4 is 43.1 Å². The molecule has 2 aliphatic carbocycles. The predicted octanol–water partition coefficient (Wildman–Crippen LogP) is 16.0. The van der Waals surface area contributed by atoms with Gasteiger partial charge in [0.2, 0.25) is 0 Å². The van der Waals surface area contributed by atoms with E-state index in [-0.39, 0.29) is 5.41 Å². The summed E-state index contributed by atoms with van der Waals surface area (Å²) in [5.41, 5.74) is 11.6. The van der Waals surface area contributed by atoms with Crippen molar-refractivity contribution in [3.63, 3.8) is 0 Å². The molecule has 0 N–H and O–H groups in total. The first-order chi connectivity index (χ1) is 30.4. The highest BCUT2D eigenvalue weighted by Crippen LogP contribution is 2.46. The first-order valence-corrected chi connectivity index (χ1v) is 21.9. The zero-order valence-corrected chi connectivity index (χ0v) is 35.1. The fourth-order valence-electron chi connectivity index (χ4n) is 11.2. The first kappa shape index (κ1) is 35.2. The fraction of sp³-hybridized carbons (Fsp3) is 0.0645. The van der Waals surface area contributed by atoms with Crippen molar-refractivity contribution in [1.29, 1.82) is 0 Å². The maximum Gasteiger partial charge on any atom is -0.000740 e. The third-order valence-corrected chi connectivity index (χ3v) is 13.8. The fourth-order valence-corrected chi connectivity index (χ4v) is 11.2. The lowest BCUT2D eigenvalue weighted by atomic mass is 9.83. The van der Waals surface area contributed by atoms with E-state index in [1.807, 2.05) is 0 Å². The first-order valence-electron chi connectivity index (χ1n) is 21.9. The summed E-state index contributed by atoms with van der Waals surface area (Å²) in [5, 5.41) is 21.0. The molecule has 0 nitrogen and oxygen atoms in total. The highest BCUT2D eigenvalue weighted by Gasteiger charge is 2.25. The molecule has 0 radical (unpaired) electrons. The third kappa shape index (κ3) is 4.90.